The summed E-state index contributed by atoms with van der Waals surface area (Å²) in [5.74, 6) is -0.0956. The van der Waals surface area contributed by atoms with E-state index >= 15 is 0 Å². The SMILES string of the molecule is NC1Cc2ccc(NC(=O)c3ccccc3-c3ccccc3)cc2C1. The second-order valence-corrected chi connectivity index (χ2v) is 6.52. The predicted molar refractivity (Wildman–Crippen MR) is 102 cm³/mol. The summed E-state index contributed by atoms with van der Waals surface area (Å²) in [4.78, 5) is 12.8. The van der Waals surface area contributed by atoms with Crippen LogP contribution in [-0.4, -0.2) is 11.9 Å². The number of nitrogens with two attached hydrogens (primary N) is 1. The van der Waals surface area contributed by atoms with Crippen molar-refractivity contribution < 1.29 is 4.79 Å². The largest absolute Gasteiger partial charge is 0.327 e. The maximum absolute atomic E-state index is 12.8. The van der Waals surface area contributed by atoms with Crippen LogP contribution in [0, 0.1) is 0 Å². The monoisotopic (exact) mass is 328 g/mol. The zero-order valence-corrected chi connectivity index (χ0v) is 13.9. The summed E-state index contributed by atoms with van der Waals surface area (Å²) < 4.78 is 0. The molecule has 0 saturated heterocycles. The fourth-order valence-corrected chi connectivity index (χ4v) is 3.48. The van der Waals surface area contributed by atoms with Crippen LogP contribution >= 0.6 is 0 Å². The van der Waals surface area contributed by atoms with E-state index in [-0.39, 0.29) is 11.9 Å². The summed E-state index contributed by atoms with van der Waals surface area (Å²) in [6, 6.07) is 23.9. The molecule has 3 nitrogen and oxygen atoms in total. The number of carbonyl (C=O) groups excluding carboxylic acids is 1. The van der Waals surface area contributed by atoms with Gasteiger partial charge in [0.05, 0.1) is 0 Å². The van der Waals surface area contributed by atoms with Crippen LogP contribution in [0.1, 0.15) is 21.5 Å². The lowest BCUT2D eigenvalue weighted by molar-refractivity contribution is 0.102. The fraction of sp³-hybridized carbons (Fsp3) is 0.136. The van der Waals surface area contributed by atoms with Crippen LogP contribution in [0.4, 0.5) is 5.69 Å². The van der Waals surface area contributed by atoms with Gasteiger partial charge >= 0.3 is 0 Å². The lowest BCUT2D eigenvalue weighted by Crippen LogP contribution is -2.19. The Morgan fingerprint density at radius 1 is 0.880 bits per heavy atom. The van der Waals surface area contributed by atoms with E-state index in [1.165, 1.54) is 11.1 Å². The first kappa shape index (κ1) is 15.6. The molecule has 0 bridgehead atoms. The van der Waals surface area contributed by atoms with E-state index in [2.05, 4.69) is 11.4 Å². The van der Waals surface area contributed by atoms with Gasteiger partial charge in [-0.15, -0.1) is 0 Å². The highest BCUT2D eigenvalue weighted by molar-refractivity contribution is 6.08. The third-order valence-corrected chi connectivity index (χ3v) is 4.68. The lowest BCUT2D eigenvalue weighted by Gasteiger charge is -2.11. The first-order valence-corrected chi connectivity index (χ1v) is 8.54. The molecular formula is C22H20N2O. The number of fused-ring (bicyclic) bond motifs is 1. The second-order valence-electron chi connectivity index (χ2n) is 6.52. The molecule has 1 aliphatic rings. The third-order valence-electron chi connectivity index (χ3n) is 4.68. The Bertz CT molecular complexity index is 918. The molecule has 1 atom stereocenters. The Morgan fingerprint density at radius 2 is 1.60 bits per heavy atom. The van der Waals surface area contributed by atoms with Crippen LogP contribution in [-0.2, 0) is 12.8 Å². The van der Waals surface area contributed by atoms with Gasteiger partial charge in [0.2, 0.25) is 0 Å². The summed E-state index contributed by atoms with van der Waals surface area (Å²) >= 11 is 0. The molecule has 124 valence electrons. The van der Waals surface area contributed by atoms with Crippen molar-refractivity contribution in [3.8, 4) is 11.1 Å². The lowest BCUT2D eigenvalue weighted by atomic mass is 9.99. The number of nitrogens with one attached hydrogen (secondary N) is 1. The number of amides is 1. The molecule has 3 heteroatoms. The Hall–Kier alpha value is -2.91. The number of benzene rings is 3. The van der Waals surface area contributed by atoms with E-state index in [1.54, 1.807) is 0 Å². The average Bonchev–Trinajstić information content (AvgIpc) is 3.02. The van der Waals surface area contributed by atoms with Crippen LogP contribution in [0.25, 0.3) is 11.1 Å². The third kappa shape index (κ3) is 3.19. The van der Waals surface area contributed by atoms with Gasteiger partial charge in [0.1, 0.15) is 0 Å². The van der Waals surface area contributed by atoms with Gasteiger partial charge in [0.15, 0.2) is 0 Å². The van der Waals surface area contributed by atoms with Crippen LogP contribution in [0.15, 0.2) is 72.8 Å². The number of carbonyl (C=O) groups is 1. The van der Waals surface area contributed by atoms with Gasteiger partial charge in [-0.05, 0) is 53.3 Å². The summed E-state index contributed by atoms with van der Waals surface area (Å²) in [5, 5.41) is 3.03. The summed E-state index contributed by atoms with van der Waals surface area (Å²) in [5.41, 5.74) is 12.0. The average molecular weight is 328 g/mol. The Labute approximate surface area is 147 Å². The van der Waals surface area contributed by atoms with Gasteiger partial charge in [-0.25, -0.2) is 0 Å². The van der Waals surface area contributed by atoms with E-state index < -0.39 is 0 Å². The number of hydrogen-bond acceptors (Lipinski definition) is 2. The molecular weight excluding hydrogens is 308 g/mol. The molecule has 0 heterocycles. The number of hydrogen-bond donors (Lipinski definition) is 2. The van der Waals surface area contributed by atoms with Crippen LogP contribution < -0.4 is 11.1 Å². The van der Waals surface area contributed by atoms with Crippen molar-refractivity contribution in [2.75, 3.05) is 5.32 Å². The smallest absolute Gasteiger partial charge is 0.256 e. The molecule has 25 heavy (non-hydrogen) atoms. The van der Waals surface area contributed by atoms with Crippen molar-refractivity contribution in [3.63, 3.8) is 0 Å². The van der Waals surface area contributed by atoms with Crippen molar-refractivity contribution >= 4 is 11.6 Å². The maximum Gasteiger partial charge on any atom is 0.256 e. The molecule has 4 rings (SSSR count). The summed E-state index contributed by atoms with van der Waals surface area (Å²) in [6.45, 7) is 0. The van der Waals surface area contributed by atoms with E-state index in [0.717, 1.165) is 29.7 Å². The molecule has 0 fully saturated rings. The van der Waals surface area contributed by atoms with E-state index in [4.69, 9.17) is 5.73 Å². The minimum absolute atomic E-state index is 0.0956. The van der Waals surface area contributed by atoms with Crippen LogP contribution in [0.3, 0.4) is 0 Å². The van der Waals surface area contributed by atoms with Crippen molar-refractivity contribution in [1.82, 2.24) is 0 Å². The van der Waals surface area contributed by atoms with E-state index in [0.29, 0.717) is 5.56 Å². The molecule has 3 aromatic carbocycles. The van der Waals surface area contributed by atoms with Gasteiger partial charge in [0.25, 0.3) is 5.91 Å². The highest BCUT2D eigenvalue weighted by atomic mass is 16.1. The van der Waals surface area contributed by atoms with Crippen LogP contribution in [0.5, 0.6) is 0 Å². The standard InChI is InChI=1S/C22H20N2O/c23-18-12-16-10-11-19(14-17(16)13-18)24-22(25)21-9-5-4-8-20(21)15-6-2-1-3-7-15/h1-11,14,18H,12-13,23H2,(H,24,25). The predicted octanol–water partition coefficient (Wildman–Crippen LogP) is 4.03. The topological polar surface area (TPSA) is 55.1 Å². The minimum Gasteiger partial charge on any atom is -0.327 e. The molecule has 1 amide bonds. The molecule has 0 radical (unpaired) electrons. The van der Waals surface area contributed by atoms with E-state index in [1.807, 2.05) is 66.7 Å². The molecule has 0 saturated carbocycles. The van der Waals surface area contributed by atoms with E-state index in [9.17, 15) is 4.79 Å². The number of rotatable bonds is 3. The molecule has 3 aromatic rings. The second kappa shape index (κ2) is 6.54. The molecule has 0 aromatic heterocycles. The molecule has 1 aliphatic carbocycles. The zero-order chi connectivity index (χ0) is 17.2. The van der Waals surface area contributed by atoms with Crippen molar-refractivity contribution in [2.24, 2.45) is 5.73 Å². The van der Waals surface area contributed by atoms with Gasteiger partial charge in [0, 0.05) is 17.3 Å². The van der Waals surface area contributed by atoms with Crippen molar-refractivity contribution in [3.05, 3.63) is 89.5 Å². The van der Waals surface area contributed by atoms with Crippen LogP contribution in [0.2, 0.25) is 0 Å². The van der Waals surface area contributed by atoms with Gasteiger partial charge in [-0.3, -0.25) is 4.79 Å². The first-order chi connectivity index (χ1) is 12.2. The molecule has 3 N–H and O–H groups in total. The molecule has 1 unspecified atom stereocenters. The van der Waals surface area contributed by atoms with Gasteiger partial charge in [-0.2, -0.15) is 0 Å². The first-order valence-electron chi connectivity index (χ1n) is 8.54. The Balaban J connectivity index is 1.62. The maximum atomic E-state index is 12.8. The fourth-order valence-electron chi connectivity index (χ4n) is 3.48. The van der Waals surface area contributed by atoms with Crippen molar-refractivity contribution in [1.29, 1.82) is 0 Å². The highest BCUT2D eigenvalue weighted by Crippen LogP contribution is 2.27. The Kier molecular flexibility index (Phi) is 4.08. The minimum atomic E-state index is -0.0956. The van der Waals surface area contributed by atoms with Gasteiger partial charge in [-0.1, -0.05) is 54.6 Å². The number of anilines is 1. The molecule has 0 aliphatic heterocycles. The highest BCUT2D eigenvalue weighted by Gasteiger charge is 2.19. The quantitative estimate of drug-likeness (QED) is 0.762. The normalized spacial score (nSPS) is 15.6. The Morgan fingerprint density at radius 3 is 2.44 bits per heavy atom. The zero-order valence-electron chi connectivity index (χ0n) is 13.9. The molecule has 0 spiro atoms. The summed E-state index contributed by atoms with van der Waals surface area (Å²) in [7, 11) is 0. The van der Waals surface area contributed by atoms with Crippen molar-refractivity contribution in [2.45, 2.75) is 18.9 Å². The summed E-state index contributed by atoms with van der Waals surface area (Å²) in [6.07, 6.45) is 1.79. The van der Waals surface area contributed by atoms with Gasteiger partial charge < -0.3 is 11.1 Å².